The first-order valence-electron chi connectivity index (χ1n) is 10.3. The first-order chi connectivity index (χ1) is 13.9. The molecule has 30 heavy (non-hydrogen) atoms. The minimum Gasteiger partial charge on any atom is -0.508 e. The van der Waals surface area contributed by atoms with Gasteiger partial charge in [-0.2, -0.15) is 0 Å². The van der Waals surface area contributed by atoms with Gasteiger partial charge in [-0.3, -0.25) is 14.4 Å². The molecule has 166 valence electrons. The molecule has 0 aliphatic heterocycles. The third kappa shape index (κ3) is 5.59. The van der Waals surface area contributed by atoms with Gasteiger partial charge in [-0.25, -0.2) is 0 Å². The minimum absolute atomic E-state index is 0.0711. The standard InChI is InChI=1S/C23H32O7/c1-13(2)11-29-21(26)19-17(25)10-23(5,28)20(22(27)30-12-14(3)4)18(19)15-7-6-8-16(24)9-15/h6-9,13-14,18-20,24,28H,10-12H2,1-5H3/t18-,19+,20-,23-/m0/s1. The molecule has 0 amide bonds. The van der Waals surface area contributed by atoms with Gasteiger partial charge < -0.3 is 19.7 Å². The first kappa shape index (κ1) is 23.9. The Labute approximate surface area is 177 Å². The van der Waals surface area contributed by atoms with Crippen molar-refractivity contribution < 1.29 is 34.1 Å². The van der Waals surface area contributed by atoms with Crippen LogP contribution in [0.25, 0.3) is 0 Å². The third-order valence-electron chi connectivity index (χ3n) is 5.15. The number of ether oxygens (including phenoxy) is 2. The maximum Gasteiger partial charge on any atom is 0.317 e. The lowest BCUT2D eigenvalue weighted by atomic mass is 9.61. The predicted octanol–water partition coefficient (Wildman–Crippen LogP) is 2.83. The van der Waals surface area contributed by atoms with E-state index >= 15 is 0 Å². The van der Waals surface area contributed by atoms with Crippen LogP contribution in [0, 0.1) is 23.7 Å². The Morgan fingerprint density at radius 1 is 1.10 bits per heavy atom. The molecule has 0 radical (unpaired) electrons. The Balaban J connectivity index is 2.53. The molecular weight excluding hydrogens is 388 g/mol. The number of carbonyl (C=O) groups excluding carboxylic acids is 3. The van der Waals surface area contributed by atoms with E-state index in [0.29, 0.717) is 5.56 Å². The van der Waals surface area contributed by atoms with E-state index < -0.39 is 41.1 Å². The van der Waals surface area contributed by atoms with Gasteiger partial charge in [0.1, 0.15) is 11.7 Å². The van der Waals surface area contributed by atoms with Crippen LogP contribution in [0.3, 0.4) is 0 Å². The van der Waals surface area contributed by atoms with E-state index in [1.54, 1.807) is 12.1 Å². The van der Waals surface area contributed by atoms with E-state index in [0.717, 1.165) is 0 Å². The Bertz CT molecular complexity index is 782. The van der Waals surface area contributed by atoms with Crippen LogP contribution in [0.2, 0.25) is 0 Å². The van der Waals surface area contributed by atoms with Gasteiger partial charge in [0.25, 0.3) is 0 Å². The summed E-state index contributed by atoms with van der Waals surface area (Å²) in [6, 6.07) is 6.02. The molecule has 1 aromatic rings. The van der Waals surface area contributed by atoms with Crippen molar-refractivity contribution in [1.29, 1.82) is 0 Å². The number of benzene rings is 1. The quantitative estimate of drug-likeness (QED) is 0.515. The molecule has 0 bridgehead atoms. The second-order valence-corrected chi connectivity index (χ2v) is 9.12. The van der Waals surface area contributed by atoms with Crippen molar-refractivity contribution in [2.75, 3.05) is 13.2 Å². The van der Waals surface area contributed by atoms with Crippen LogP contribution < -0.4 is 0 Å². The Morgan fingerprint density at radius 3 is 2.20 bits per heavy atom. The molecule has 0 saturated heterocycles. The van der Waals surface area contributed by atoms with E-state index in [1.807, 2.05) is 27.7 Å². The maximum atomic E-state index is 13.0. The molecule has 2 N–H and O–H groups in total. The number of esters is 2. The van der Waals surface area contributed by atoms with E-state index in [4.69, 9.17) is 9.47 Å². The second-order valence-electron chi connectivity index (χ2n) is 9.12. The van der Waals surface area contributed by atoms with Crippen LogP contribution in [-0.4, -0.2) is 46.7 Å². The summed E-state index contributed by atoms with van der Waals surface area (Å²) < 4.78 is 10.7. The number of ketones is 1. The molecule has 2 rings (SSSR count). The molecule has 0 heterocycles. The number of phenols is 1. The summed E-state index contributed by atoms with van der Waals surface area (Å²) >= 11 is 0. The van der Waals surface area contributed by atoms with Crippen LogP contribution in [0.15, 0.2) is 24.3 Å². The zero-order chi connectivity index (χ0) is 22.6. The number of rotatable bonds is 7. The van der Waals surface area contributed by atoms with Gasteiger partial charge in [-0.05, 0) is 36.5 Å². The van der Waals surface area contributed by atoms with Crippen LogP contribution in [-0.2, 0) is 23.9 Å². The molecule has 1 aromatic carbocycles. The lowest BCUT2D eigenvalue weighted by Gasteiger charge is -2.43. The fourth-order valence-corrected chi connectivity index (χ4v) is 3.82. The van der Waals surface area contributed by atoms with Crippen molar-refractivity contribution in [3.05, 3.63) is 29.8 Å². The lowest BCUT2D eigenvalue weighted by Crippen LogP contribution is -2.55. The molecular formula is C23H32O7. The highest BCUT2D eigenvalue weighted by Crippen LogP contribution is 2.47. The summed E-state index contributed by atoms with van der Waals surface area (Å²) in [5.74, 6) is -5.32. The largest absolute Gasteiger partial charge is 0.508 e. The summed E-state index contributed by atoms with van der Waals surface area (Å²) in [7, 11) is 0. The van der Waals surface area contributed by atoms with Crippen molar-refractivity contribution in [1.82, 2.24) is 0 Å². The number of aromatic hydroxyl groups is 1. The lowest BCUT2D eigenvalue weighted by molar-refractivity contribution is -0.174. The fourth-order valence-electron chi connectivity index (χ4n) is 3.82. The van der Waals surface area contributed by atoms with Crippen molar-refractivity contribution >= 4 is 17.7 Å². The molecule has 4 atom stereocenters. The first-order valence-corrected chi connectivity index (χ1v) is 10.3. The summed E-state index contributed by atoms with van der Waals surface area (Å²) in [4.78, 5) is 38.8. The summed E-state index contributed by atoms with van der Waals surface area (Å²) in [6.45, 7) is 9.20. The van der Waals surface area contributed by atoms with Gasteiger partial charge in [0.15, 0.2) is 5.78 Å². The monoisotopic (exact) mass is 420 g/mol. The van der Waals surface area contributed by atoms with Crippen LogP contribution in [0.4, 0.5) is 0 Å². The van der Waals surface area contributed by atoms with E-state index in [1.165, 1.54) is 19.1 Å². The molecule has 7 heteroatoms. The molecule has 0 spiro atoms. The Kier molecular flexibility index (Phi) is 7.64. The Morgan fingerprint density at radius 2 is 1.67 bits per heavy atom. The van der Waals surface area contributed by atoms with Gasteiger partial charge in [-0.15, -0.1) is 0 Å². The SMILES string of the molecule is CC(C)COC(=O)[C@@H]1C(=O)C[C@](C)(O)[C@H](C(=O)OCC(C)C)[C@H]1c1cccc(O)c1. The summed E-state index contributed by atoms with van der Waals surface area (Å²) in [5, 5.41) is 21.0. The second kappa shape index (κ2) is 9.60. The van der Waals surface area contributed by atoms with E-state index in [9.17, 15) is 24.6 Å². The summed E-state index contributed by atoms with van der Waals surface area (Å²) in [6.07, 6.45) is -0.370. The number of Topliss-reactive ketones (excluding diaryl/α,β-unsaturated/α-hetero) is 1. The van der Waals surface area contributed by atoms with Gasteiger partial charge in [0.05, 0.1) is 24.7 Å². The zero-order valence-electron chi connectivity index (χ0n) is 18.3. The topological polar surface area (TPSA) is 110 Å². The number of carbonyl (C=O) groups is 3. The molecule has 0 unspecified atom stereocenters. The highest BCUT2D eigenvalue weighted by Gasteiger charge is 2.57. The number of hydrogen-bond acceptors (Lipinski definition) is 7. The molecule has 7 nitrogen and oxygen atoms in total. The predicted molar refractivity (Wildman–Crippen MR) is 110 cm³/mol. The van der Waals surface area contributed by atoms with E-state index in [2.05, 4.69) is 0 Å². The number of aliphatic hydroxyl groups is 1. The van der Waals surface area contributed by atoms with Gasteiger partial charge in [0.2, 0.25) is 0 Å². The van der Waals surface area contributed by atoms with Crippen LogP contribution in [0.1, 0.15) is 52.5 Å². The van der Waals surface area contributed by atoms with Crippen molar-refractivity contribution in [2.24, 2.45) is 23.7 Å². The Hall–Kier alpha value is -2.41. The van der Waals surface area contributed by atoms with Crippen molar-refractivity contribution in [3.63, 3.8) is 0 Å². The molecule has 0 aromatic heterocycles. The molecule has 1 aliphatic carbocycles. The minimum atomic E-state index is -1.71. The van der Waals surface area contributed by atoms with Gasteiger partial charge in [0, 0.05) is 12.3 Å². The molecule has 1 saturated carbocycles. The fraction of sp³-hybridized carbons (Fsp3) is 0.609. The smallest absolute Gasteiger partial charge is 0.317 e. The van der Waals surface area contributed by atoms with Crippen molar-refractivity contribution in [3.8, 4) is 5.75 Å². The number of phenolic OH excluding ortho intramolecular Hbond substituents is 1. The van der Waals surface area contributed by atoms with Crippen molar-refractivity contribution in [2.45, 2.75) is 52.6 Å². The van der Waals surface area contributed by atoms with E-state index in [-0.39, 0.29) is 37.2 Å². The molecule has 1 aliphatic rings. The normalized spacial score (nSPS) is 26.7. The summed E-state index contributed by atoms with van der Waals surface area (Å²) in [5.41, 5.74) is -1.32. The molecule has 1 fully saturated rings. The number of hydrogen-bond donors (Lipinski definition) is 2. The zero-order valence-corrected chi connectivity index (χ0v) is 18.3. The average molecular weight is 421 g/mol. The third-order valence-corrected chi connectivity index (χ3v) is 5.15. The van der Waals surface area contributed by atoms with Gasteiger partial charge in [-0.1, -0.05) is 39.8 Å². The highest BCUT2D eigenvalue weighted by molar-refractivity contribution is 6.02. The van der Waals surface area contributed by atoms with Crippen LogP contribution in [0.5, 0.6) is 5.75 Å². The highest BCUT2D eigenvalue weighted by atomic mass is 16.5. The van der Waals surface area contributed by atoms with Crippen LogP contribution >= 0.6 is 0 Å². The maximum absolute atomic E-state index is 13.0. The average Bonchev–Trinajstić information content (AvgIpc) is 2.62. The van der Waals surface area contributed by atoms with Gasteiger partial charge >= 0.3 is 11.9 Å².